The van der Waals surface area contributed by atoms with Crippen molar-refractivity contribution in [2.24, 2.45) is 0 Å². The molecule has 1 rings (SSSR count). The van der Waals surface area contributed by atoms with Crippen molar-refractivity contribution in [2.75, 3.05) is 18.9 Å². The van der Waals surface area contributed by atoms with Crippen LogP contribution in [0.15, 0.2) is 36.4 Å². The number of benzene rings is 1. The molecule has 1 aromatic carbocycles. The molecule has 0 aliphatic carbocycles. The zero-order chi connectivity index (χ0) is 15.7. The quantitative estimate of drug-likeness (QED) is 0.576. The molecular formula is C17H23ClN2O. The minimum absolute atomic E-state index is 0.0485. The second-order valence-corrected chi connectivity index (χ2v) is 5.09. The maximum Gasteiger partial charge on any atom is 0.210 e. The Morgan fingerprint density at radius 2 is 2.19 bits per heavy atom. The van der Waals surface area contributed by atoms with Crippen LogP contribution in [0.1, 0.15) is 25.8 Å². The van der Waals surface area contributed by atoms with Gasteiger partial charge in [0.05, 0.1) is 6.04 Å². The predicted octanol–water partition coefficient (Wildman–Crippen LogP) is 4.21. The Bertz CT molecular complexity index is 512. The van der Waals surface area contributed by atoms with Crippen LogP contribution in [-0.2, 0) is 4.79 Å². The van der Waals surface area contributed by atoms with Gasteiger partial charge in [0.1, 0.15) is 0 Å². The SMILES string of the molecule is C/C=C\CC(/C=C/c1cc(Cl)ccc1NC)N(C=O)CC. The van der Waals surface area contributed by atoms with E-state index in [2.05, 4.69) is 11.4 Å². The van der Waals surface area contributed by atoms with Crippen molar-refractivity contribution in [3.63, 3.8) is 0 Å². The van der Waals surface area contributed by atoms with Gasteiger partial charge < -0.3 is 10.2 Å². The highest BCUT2D eigenvalue weighted by atomic mass is 35.5. The summed E-state index contributed by atoms with van der Waals surface area (Å²) in [7, 11) is 1.88. The Kier molecular flexibility index (Phi) is 7.62. The number of anilines is 1. The van der Waals surface area contributed by atoms with E-state index in [-0.39, 0.29) is 6.04 Å². The largest absolute Gasteiger partial charge is 0.388 e. The third-order valence-electron chi connectivity index (χ3n) is 3.32. The third kappa shape index (κ3) is 5.27. The van der Waals surface area contributed by atoms with Crippen molar-refractivity contribution in [1.82, 2.24) is 4.90 Å². The summed E-state index contributed by atoms with van der Waals surface area (Å²) >= 11 is 6.05. The molecule has 0 spiro atoms. The lowest BCUT2D eigenvalue weighted by atomic mass is 10.1. The van der Waals surface area contributed by atoms with Gasteiger partial charge in [-0.25, -0.2) is 0 Å². The van der Waals surface area contributed by atoms with Crippen molar-refractivity contribution >= 4 is 29.8 Å². The molecule has 0 heterocycles. The molecule has 0 radical (unpaired) electrons. The van der Waals surface area contributed by atoms with Crippen LogP contribution in [0.5, 0.6) is 0 Å². The highest BCUT2D eigenvalue weighted by Gasteiger charge is 2.10. The number of likely N-dealkylation sites (N-methyl/N-ethyl adjacent to an activating group) is 1. The predicted molar refractivity (Wildman–Crippen MR) is 91.7 cm³/mol. The summed E-state index contributed by atoms with van der Waals surface area (Å²) in [6.07, 6.45) is 9.82. The fourth-order valence-electron chi connectivity index (χ4n) is 2.10. The number of allylic oxidation sites excluding steroid dienone is 1. The summed E-state index contributed by atoms with van der Waals surface area (Å²) < 4.78 is 0. The molecule has 0 fully saturated rings. The third-order valence-corrected chi connectivity index (χ3v) is 3.56. The molecule has 0 saturated carbocycles. The lowest BCUT2D eigenvalue weighted by Gasteiger charge is -2.23. The van der Waals surface area contributed by atoms with Crippen LogP contribution in [0.3, 0.4) is 0 Å². The monoisotopic (exact) mass is 306 g/mol. The summed E-state index contributed by atoms with van der Waals surface area (Å²) in [5.41, 5.74) is 2.02. The molecule has 21 heavy (non-hydrogen) atoms. The van der Waals surface area contributed by atoms with Gasteiger partial charge in [0.15, 0.2) is 0 Å². The Labute approximate surface area is 132 Å². The maximum atomic E-state index is 11.2. The van der Waals surface area contributed by atoms with E-state index >= 15 is 0 Å². The van der Waals surface area contributed by atoms with Crippen LogP contribution >= 0.6 is 11.6 Å². The van der Waals surface area contributed by atoms with Crippen molar-refractivity contribution in [2.45, 2.75) is 26.3 Å². The normalized spacial score (nSPS) is 12.8. The number of carbonyl (C=O) groups excluding carboxylic acids is 1. The second-order valence-electron chi connectivity index (χ2n) is 4.65. The highest BCUT2D eigenvalue weighted by Crippen LogP contribution is 2.22. The molecule has 1 aromatic rings. The number of amides is 1. The molecule has 1 amide bonds. The first-order chi connectivity index (χ1) is 10.2. The van der Waals surface area contributed by atoms with Gasteiger partial charge in [-0.15, -0.1) is 0 Å². The molecule has 1 unspecified atom stereocenters. The van der Waals surface area contributed by atoms with Crippen molar-refractivity contribution in [3.8, 4) is 0 Å². The van der Waals surface area contributed by atoms with Crippen molar-refractivity contribution in [3.05, 3.63) is 47.0 Å². The first-order valence-corrected chi connectivity index (χ1v) is 7.51. The standard InChI is InChI=1S/C17H23ClN2O/c1-4-6-7-16(20(5-2)13-21)10-8-14-12-15(18)9-11-17(14)19-3/h4,6,8-13,16,19H,5,7H2,1-3H3/b6-4-,10-8+. The Hall–Kier alpha value is -1.74. The summed E-state index contributed by atoms with van der Waals surface area (Å²) in [5, 5.41) is 3.84. The van der Waals surface area contributed by atoms with Crippen molar-refractivity contribution < 1.29 is 4.79 Å². The first-order valence-electron chi connectivity index (χ1n) is 7.13. The van der Waals surface area contributed by atoms with Gasteiger partial charge >= 0.3 is 0 Å². The van der Waals surface area contributed by atoms with E-state index in [0.29, 0.717) is 11.6 Å². The van der Waals surface area contributed by atoms with E-state index in [1.54, 1.807) is 4.90 Å². The molecule has 0 aliphatic heterocycles. The van der Waals surface area contributed by atoms with Gasteiger partial charge in [-0.3, -0.25) is 4.79 Å². The second kappa shape index (κ2) is 9.24. The summed E-state index contributed by atoms with van der Waals surface area (Å²) in [5.74, 6) is 0. The van der Waals surface area contributed by atoms with Gasteiger partial charge in [0.2, 0.25) is 6.41 Å². The summed E-state index contributed by atoms with van der Waals surface area (Å²) in [6.45, 7) is 4.64. The van der Waals surface area contributed by atoms with Gasteiger partial charge in [-0.1, -0.05) is 35.9 Å². The van der Waals surface area contributed by atoms with Crippen LogP contribution in [-0.4, -0.2) is 30.9 Å². The number of hydrogen-bond donors (Lipinski definition) is 1. The Balaban J connectivity index is 3.01. The minimum Gasteiger partial charge on any atom is -0.388 e. The first kappa shape index (κ1) is 17.3. The molecule has 0 aliphatic rings. The smallest absolute Gasteiger partial charge is 0.210 e. The molecule has 0 bridgehead atoms. The van der Waals surface area contributed by atoms with Crippen LogP contribution in [0.2, 0.25) is 5.02 Å². The lowest BCUT2D eigenvalue weighted by molar-refractivity contribution is -0.119. The zero-order valence-electron chi connectivity index (χ0n) is 12.8. The van der Waals surface area contributed by atoms with Crippen LogP contribution in [0, 0.1) is 0 Å². The summed E-state index contributed by atoms with van der Waals surface area (Å²) in [4.78, 5) is 12.9. The fraction of sp³-hybridized carbons (Fsp3) is 0.353. The van der Waals surface area contributed by atoms with Crippen LogP contribution in [0.25, 0.3) is 6.08 Å². The minimum atomic E-state index is 0.0485. The molecular weight excluding hydrogens is 284 g/mol. The van der Waals surface area contributed by atoms with Gasteiger partial charge in [-0.05, 0) is 44.0 Å². The van der Waals surface area contributed by atoms with Gasteiger partial charge in [-0.2, -0.15) is 0 Å². The fourth-order valence-corrected chi connectivity index (χ4v) is 2.28. The van der Waals surface area contributed by atoms with E-state index in [0.717, 1.165) is 24.1 Å². The van der Waals surface area contributed by atoms with E-state index in [9.17, 15) is 4.79 Å². The lowest BCUT2D eigenvalue weighted by Crippen LogP contribution is -2.32. The number of nitrogens with one attached hydrogen (secondary N) is 1. The molecule has 0 aromatic heterocycles. The van der Waals surface area contributed by atoms with E-state index in [1.807, 2.05) is 57.3 Å². The maximum absolute atomic E-state index is 11.2. The van der Waals surface area contributed by atoms with Gasteiger partial charge in [0, 0.05) is 24.3 Å². The average Bonchev–Trinajstić information content (AvgIpc) is 2.50. The number of nitrogens with zero attached hydrogens (tertiary/aromatic N) is 1. The van der Waals surface area contributed by atoms with E-state index in [4.69, 9.17) is 11.6 Å². The summed E-state index contributed by atoms with van der Waals surface area (Å²) in [6, 6.07) is 5.76. The van der Waals surface area contributed by atoms with Crippen LogP contribution < -0.4 is 5.32 Å². The average molecular weight is 307 g/mol. The Morgan fingerprint density at radius 1 is 1.43 bits per heavy atom. The number of rotatable bonds is 8. The van der Waals surface area contributed by atoms with Crippen LogP contribution in [0.4, 0.5) is 5.69 Å². The number of hydrogen-bond acceptors (Lipinski definition) is 2. The molecule has 4 heteroatoms. The van der Waals surface area contributed by atoms with Crippen molar-refractivity contribution in [1.29, 1.82) is 0 Å². The molecule has 1 atom stereocenters. The Morgan fingerprint density at radius 3 is 2.76 bits per heavy atom. The molecule has 3 nitrogen and oxygen atoms in total. The number of carbonyl (C=O) groups is 1. The van der Waals surface area contributed by atoms with E-state index in [1.165, 1.54) is 0 Å². The van der Waals surface area contributed by atoms with Gasteiger partial charge in [0.25, 0.3) is 0 Å². The molecule has 114 valence electrons. The van der Waals surface area contributed by atoms with E-state index < -0.39 is 0 Å². The number of halogens is 1. The zero-order valence-corrected chi connectivity index (χ0v) is 13.6. The highest BCUT2D eigenvalue weighted by molar-refractivity contribution is 6.30. The topological polar surface area (TPSA) is 32.3 Å². The molecule has 1 N–H and O–H groups in total. The molecule has 0 saturated heterocycles.